The average Bonchev–Trinajstić information content (AvgIpc) is 2.64. The minimum Gasteiger partial charge on any atom is -0.481 e. The van der Waals surface area contributed by atoms with Gasteiger partial charge in [-0.2, -0.15) is 0 Å². The predicted octanol–water partition coefficient (Wildman–Crippen LogP) is 3.17. The molecule has 1 aliphatic rings. The van der Waals surface area contributed by atoms with E-state index in [9.17, 15) is 9.50 Å². The van der Waals surface area contributed by atoms with E-state index in [-0.39, 0.29) is 11.7 Å². The zero-order valence-corrected chi connectivity index (χ0v) is 12.5. The van der Waals surface area contributed by atoms with Gasteiger partial charge in [0.1, 0.15) is 5.82 Å². The summed E-state index contributed by atoms with van der Waals surface area (Å²) in [6.45, 7) is 0. The lowest BCUT2D eigenvalue weighted by Gasteiger charge is -2.22. The SMILES string of the molecule is COC1=Nc2ccc(Cl)cc2C(c2ccccc2F)NC1O. The highest BCUT2D eigenvalue weighted by molar-refractivity contribution is 6.30. The number of aliphatic hydroxyl groups excluding tert-OH is 1. The van der Waals surface area contributed by atoms with Crippen LogP contribution in [0.15, 0.2) is 47.5 Å². The van der Waals surface area contributed by atoms with Gasteiger partial charge in [0.2, 0.25) is 5.90 Å². The van der Waals surface area contributed by atoms with E-state index in [1.54, 1.807) is 36.4 Å². The number of methoxy groups -OCH3 is 1. The molecular weight excluding hydrogens is 307 g/mol. The van der Waals surface area contributed by atoms with Gasteiger partial charge in [-0.15, -0.1) is 0 Å². The van der Waals surface area contributed by atoms with Gasteiger partial charge in [-0.05, 0) is 24.3 Å². The van der Waals surface area contributed by atoms with Crippen LogP contribution in [-0.4, -0.2) is 24.3 Å². The molecule has 2 unspecified atom stereocenters. The van der Waals surface area contributed by atoms with Crippen LogP contribution in [0.1, 0.15) is 17.2 Å². The molecule has 0 radical (unpaired) electrons. The van der Waals surface area contributed by atoms with Crippen LogP contribution in [0.4, 0.5) is 10.1 Å². The molecule has 0 aliphatic carbocycles. The molecule has 114 valence electrons. The topological polar surface area (TPSA) is 53.8 Å². The molecule has 2 aromatic rings. The number of nitrogens with one attached hydrogen (secondary N) is 1. The molecule has 6 heteroatoms. The van der Waals surface area contributed by atoms with Crippen LogP contribution in [0.25, 0.3) is 0 Å². The molecule has 2 aromatic carbocycles. The van der Waals surface area contributed by atoms with Crippen LogP contribution < -0.4 is 5.32 Å². The molecule has 2 atom stereocenters. The standard InChI is InChI=1S/C16H14ClFN2O2/c1-22-16-15(21)20-14(10-4-2-3-5-12(10)18)11-8-9(17)6-7-13(11)19-16/h2-8,14-15,20-21H,1H3. The Morgan fingerprint density at radius 3 is 2.73 bits per heavy atom. The summed E-state index contributed by atoms with van der Waals surface area (Å²) in [5.74, 6) is -0.263. The minimum atomic E-state index is -1.15. The van der Waals surface area contributed by atoms with Crippen LogP contribution in [-0.2, 0) is 4.74 Å². The minimum absolute atomic E-state index is 0.113. The highest BCUT2D eigenvalue weighted by Crippen LogP contribution is 2.35. The van der Waals surface area contributed by atoms with Crippen LogP contribution in [0.2, 0.25) is 5.02 Å². The molecule has 22 heavy (non-hydrogen) atoms. The lowest BCUT2D eigenvalue weighted by molar-refractivity contribution is 0.162. The maximum Gasteiger partial charge on any atom is 0.233 e. The quantitative estimate of drug-likeness (QED) is 0.848. The number of aliphatic hydroxyl groups is 1. The Morgan fingerprint density at radius 2 is 2.00 bits per heavy atom. The lowest BCUT2D eigenvalue weighted by atomic mass is 9.97. The van der Waals surface area contributed by atoms with Gasteiger partial charge >= 0.3 is 0 Å². The van der Waals surface area contributed by atoms with Crippen molar-refractivity contribution in [3.8, 4) is 0 Å². The fraction of sp³-hybridized carbons (Fsp3) is 0.188. The zero-order valence-electron chi connectivity index (χ0n) is 11.8. The summed E-state index contributed by atoms with van der Waals surface area (Å²) in [5.41, 5.74) is 1.64. The number of rotatable bonds is 1. The normalized spacial score (nSPS) is 20.8. The van der Waals surface area contributed by atoms with Gasteiger partial charge in [-0.1, -0.05) is 29.8 Å². The summed E-state index contributed by atoms with van der Waals surface area (Å²) in [5, 5.41) is 13.6. The number of halogens is 2. The van der Waals surface area contributed by atoms with E-state index in [1.807, 2.05) is 0 Å². The molecule has 0 aromatic heterocycles. The Balaban J connectivity index is 2.18. The molecule has 0 spiro atoms. The van der Waals surface area contributed by atoms with Gasteiger partial charge in [-0.3, -0.25) is 5.32 Å². The van der Waals surface area contributed by atoms with Crippen molar-refractivity contribution < 1.29 is 14.2 Å². The molecular formula is C16H14ClFN2O2. The molecule has 0 fully saturated rings. The van der Waals surface area contributed by atoms with Crippen LogP contribution in [0.3, 0.4) is 0 Å². The van der Waals surface area contributed by atoms with Crippen molar-refractivity contribution in [2.75, 3.05) is 7.11 Å². The van der Waals surface area contributed by atoms with E-state index in [0.717, 1.165) is 0 Å². The van der Waals surface area contributed by atoms with Gasteiger partial charge in [-0.25, -0.2) is 9.38 Å². The second-order valence-corrected chi connectivity index (χ2v) is 5.32. The molecule has 1 heterocycles. The Kier molecular flexibility index (Phi) is 4.11. The van der Waals surface area contributed by atoms with E-state index in [1.165, 1.54) is 13.2 Å². The Labute approximate surface area is 132 Å². The molecule has 4 nitrogen and oxygen atoms in total. The first kappa shape index (κ1) is 15.0. The Bertz CT molecular complexity index is 736. The fourth-order valence-corrected chi connectivity index (χ4v) is 2.66. The summed E-state index contributed by atoms with van der Waals surface area (Å²) >= 11 is 6.07. The molecule has 2 N–H and O–H groups in total. The van der Waals surface area contributed by atoms with Crippen LogP contribution in [0, 0.1) is 5.82 Å². The van der Waals surface area contributed by atoms with E-state index < -0.39 is 12.3 Å². The summed E-state index contributed by atoms with van der Waals surface area (Å²) in [6, 6.07) is 10.9. The third kappa shape index (κ3) is 2.70. The number of nitrogens with zero attached hydrogens (tertiary/aromatic N) is 1. The van der Waals surface area contributed by atoms with Gasteiger partial charge in [0.05, 0.1) is 18.8 Å². The molecule has 0 bridgehead atoms. The summed E-state index contributed by atoms with van der Waals surface area (Å²) in [4.78, 5) is 4.29. The monoisotopic (exact) mass is 320 g/mol. The first-order chi connectivity index (χ1) is 10.6. The highest BCUT2D eigenvalue weighted by Gasteiger charge is 2.29. The molecule has 1 aliphatic heterocycles. The fourth-order valence-electron chi connectivity index (χ4n) is 2.48. The third-order valence-electron chi connectivity index (χ3n) is 3.52. The summed E-state index contributed by atoms with van der Waals surface area (Å²) < 4.78 is 19.3. The van der Waals surface area contributed by atoms with Gasteiger partial charge in [0.25, 0.3) is 0 Å². The third-order valence-corrected chi connectivity index (χ3v) is 3.75. The molecule has 3 rings (SSSR count). The Hall–Kier alpha value is -1.95. The van der Waals surface area contributed by atoms with Crippen molar-refractivity contribution in [2.45, 2.75) is 12.3 Å². The first-order valence-corrected chi connectivity index (χ1v) is 7.08. The van der Waals surface area contributed by atoms with Crippen molar-refractivity contribution in [3.63, 3.8) is 0 Å². The summed E-state index contributed by atoms with van der Waals surface area (Å²) in [6.07, 6.45) is -1.15. The van der Waals surface area contributed by atoms with Crippen molar-refractivity contribution in [1.82, 2.24) is 5.32 Å². The average molecular weight is 321 g/mol. The summed E-state index contributed by atoms with van der Waals surface area (Å²) in [7, 11) is 1.42. The van der Waals surface area contributed by atoms with Gasteiger partial charge in [0, 0.05) is 16.1 Å². The highest BCUT2D eigenvalue weighted by atomic mass is 35.5. The van der Waals surface area contributed by atoms with E-state index in [2.05, 4.69) is 10.3 Å². The van der Waals surface area contributed by atoms with Crippen LogP contribution >= 0.6 is 11.6 Å². The van der Waals surface area contributed by atoms with Crippen molar-refractivity contribution >= 4 is 23.2 Å². The van der Waals surface area contributed by atoms with Crippen molar-refractivity contribution in [1.29, 1.82) is 0 Å². The maximum atomic E-state index is 14.2. The van der Waals surface area contributed by atoms with E-state index in [4.69, 9.17) is 16.3 Å². The first-order valence-electron chi connectivity index (χ1n) is 6.70. The van der Waals surface area contributed by atoms with Gasteiger partial charge < -0.3 is 9.84 Å². The van der Waals surface area contributed by atoms with Gasteiger partial charge in [0.15, 0.2) is 6.23 Å². The lowest BCUT2D eigenvalue weighted by Crippen LogP contribution is -2.39. The Morgan fingerprint density at radius 1 is 1.23 bits per heavy atom. The number of aliphatic imine (C=N–C) groups is 1. The van der Waals surface area contributed by atoms with E-state index in [0.29, 0.717) is 21.8 Å². The number of fused-ring (bicyclic) bond motifs is 1. The van der Waals surface area contributed by atoms with E-state index >= 15 is 0 Å². The van der Waals surface area contributed by atoms with Crippen molar-refractivity contribution in [3.05, 3.63) is 64.4 Å². The smallest absolute Gasteiger partial charge is 0.233 e. The number of benzene rings is 2. The second kappa shape index (κ2) is 6.04. The molecule has 0 amide bonds. The number of hydrogen-bond acceptors (Lipinski definition) is 4. The molecule has 0 saturated carbocycles. The molecule has 0 saturated heterocycles. The predicted molar refractivity (Wildman–Crippen MR) is 82.9 cm³/mol. The number of hydrogen-bond donors (Lipinski definition) is 2. The maximum absolute atomic E-state index is 14.2. The second-order valence-electron chi connectivity index (χ2n) is 4.88. The largest absolute Gasteiger partial charge is 0.481 e. The van der Waals surface area contributed by atoms with Crippen LogP contribution in [0.5, 0.6) is 0 Å². The van der Waals surface area contributed by atoms with Crippen molar-refractivity contribution in [2.24, 2.45) is 4.99 Å². The number of ether oxygens (including phenoxy) is 1. The zero-order chi connectivity index (χ0) is 15.7.